The van der Waals surface area contributed by atoms with Crippen LogP contribution in [0.1, 0.15) is 33.6 Å². The van der Waals surface area contributed by atoms with E-state index in [-0.39, 0.29) is 17.6 Å². The van der Waals surface area contributed by atoms with Crippen molar-refractivity contribution in [1.29, 1.82) is 0 Å². The summed E-state index contributed by atoms with van der Waals surface area (Å²) in [4.78, 5) is 19.0. The molecule has 9 heteroatoms. The second kappa shape index (κ2) is 7.89. The zero-order valence-electron chi connectivity index (χ0n) is 17.9. The van der Waals surface area contributed by atoms with Crippen molar-refractivity contribution >= 4 is 22.8 Å². The van der Waals surface area contributed by atoms with Crippen LogP contribution in [0.5, 0.6) is 0 Å². The number of nitrogens with zero attached hydrogens (tertiary/aromatic N) is 6. The highest BCUT2D eigenvalue weighted by Crippen LogP contribution is 2.30. The lowest BCUT2D eigenvalue weighted by molar-refractivity contribution is 0.225. The van der Waals surface area contributed by atoms with Gasteiger partial charge in [-0.3, -0.25) is 9.67 Å². The number of hydrogen-bond donors (Lipinski definition) is 2. The van der Waals surface area contributed by atoms with Crippen molar-refractivity contribution in [2.24, 2.45) is 7.05 Å². The first-order valence-corrected chi connectivity index (χ1v) is 10.3. The molecule has 30 heavy (non-hydrogen) atoms. The third-order valence-corrected chi connectivity index (χ3v) is 5.20. The van der Waals surface area contributed by atoms with Gasteiger partial charge in [-0.15, -0.1) is 10.2 Å². The molecule has 0 radical (unpaired) electrons. The van der Waals surface area contributed by atoms with E-state index in [0.29, 0.717) is 0 Å². The lowest BCUT2D eigenvalue weighted by Gasteiger charge is -2.34. The number of hydrogen-bond acceptors (Lipinski definition) is 6. The van der Waals surface area contributed by atoms with Crippen LogP contribution in [0.4, 0.5) is 10.6 Å². The number of rotatable bonds is 3. The molecule has 0 aromatic carbocycles. The predicted molar refractivity (Wildman–Crippen MR) is 116 cm³/mol. The van der Waals surface area contributed by atoms with E-state index in [4.69, 9.17) is 0 Å². The summed E-state index contributed by atoms with van der Waals surface area (Å²) in [5.41, 5.74) is 2.17. The summed E-state index contributed by atoms with van der Waals surface area (Å²) in [6.07, 6.45) is 5.22. The summed E-state index contributed by atoms with van der Waals surface area (Å²) in [7, 11) is 1.88. The number of aromatic nitrogens is 5. The summed E-state index contributed by atoms with van der Waals surface area (Å²) >= 11 is 0. The lowest BCUT2D eigenvalue weighted by atomic mass is 10.0. The molecule has 1 aliphatic heterocycles. The summed E-state index contributed by atoms with van der Waals surface area (Å²) < 4.78 is 1.78. The number of fused-ring (bicyclic) bond motifs is 1. The molecule has 4 rings (SSSR count). The van der Waals surface area contributed by atoms with E-state index < -0.39 is 0 Å². The maximum atomic E-state index is 12.2. The number of urea groups is 1. The monoisotopic (exact) mass is 408 g/mol. The Morgan fingerprint density at radius 2 is 1.90 bits per heavy atom. The van der Waals surface area contributed by atoms with Crippen LogP contribution in [0.15, 0.2) is 30.6 Å². The largest absolute Gasteiger partial charge is 0.354 e. The van der Waals surface area contributed by atoms with Gasteiger partial charge < -0.3 is 15.5 Å². The quantitative estimate of drug-likeness (QED) is 0.691. The van der Waals surface area contributed by atoms with Crippen molar-refractivity contribution < 1.29 is 4.79 Å². The van der Waals surface area contributed by atoms with Gasteiger partial charge in [-0.05, 0) is 51.8 Å². The lowest BCUT2D eigenvalue weighted by Crippen LogP contribution is -2.52. The zero-order chi connectivity index (χ0) is 21.3. The van der Waals surface area contributed by atoms with Crippen LogP contribution < -0.4 is 15.5 Å². The summed E-state index contributed by atoms with van der Waals surface area (Å²) in [6, 6.07) is 5.90. The van der Waals surface area contributed by atoms with Gasteiger partial charge in [0.25, 0.3) is 0 Å². The summed E-state index contributed by atoms with van der Waals surface area (Å²) in [6.45, 7) is 7.51. The van der Waals surface area contributed by atoms with Crippen LogP contribution in [0.3, 0.4) is 0 Å². The normalized spacial score (nSPS) is 15.4. The van der Waals surface area contributed by atoms with Gasteiger partial charge in [-0.1, -0.05) is 0 Å². The second-order valence-electron chi connectivity index (χ2n) is 8.72. The number of anilines is 1. The Hall–Kier alpha value is -3.23. The highest BCUT2D eigenvalue weighted by Gasteiger charge is 2.25. The van der Waals surface area contributed by atoms with E-state index in [1.807, 2.05) is 46.0 Å². The average molecular weight is 409 g/mol. The molecule has 1 fully saturated rings. The number of amides is 2. The summed E-state index contributed by atoms with van der Waals surface area (Å²) in [5, 5.41) is 20.3. The van der Waals surface area contributed by atoms with E-state index in [9.17, 15) is 4.79 Å². The summed E-state index contributed by atoms with van der Waals surface area (Å²) in [5.74, 6) is 0.835. The van der Waals surface area contributed by atoms with E-state index in [2.05, 4.69) is 35.8 Å². The van der Waals surface area contributed by atoms with Crippen molar-refractivity contribution in [3.63, 3.8) is 0 Å². The molecule has 2 N–H and O–H groups in total. The predicted octanol–water partition coefficient (Wildman–Crippen LogP) is 2.49. The van der Waals surface area contributed by atoms with Crippen LogP contribution in [0, 0.1) is 0 Å². The average Bonchev–Trinajstić information content (AvgIpc) is 3.12. The van der Waals surface area contributed by atoms with Gasteiger partial charge >= 0.3 is 6.03 Å². The van der Waals surface area contributed by atoms with Gasteiger partial charge in [0.1, 0.15) is 11.2 Å². The van der Waals surface area contributed by atoms with E-state index in [1.165, 1.54) is 0 Å². The molecule has 0 aliphatic carbocycles. The first-order valence-electron chi connectivity index (χ1n) is 10.3. The maximum Gasteiger partial charge on any atom is 0.315 e. The topological polar surface area (TPSA) is 101 Å². The van der Waals surface area contributed by atoms with Crippen LogP contribution in [-0.4, -0.2) is 55.7 Å². The minimum absolute atomic E-state index is 0.115. The number of carbonyl (C=O) groups is 1. The molecule has 0 atom stereocenters. The molecule has 0 bridgehead atoms. The third-order valence-electron chi connectivity index (χ3n) is 5.20. The fourth-order valence-corrected chi connectivity index (χ4v) is 3.78. The first-order chi connectivity index (χ1) is 14.3. The van der Waals surface area contributed by atoms with Crippen molar-refractivity contribution in [2.75, 3.05) is 18.0 Å². The Kier molecular flexibility index (Phi) is 5.27. The van der Waals surface area contributed by atoms with E-state index in [0.717, 1.165) is 54.0 Å². The highest BCUT2D eigenvalue weighted by atomic mass is 16.2. The molecule has 0 unspecified atom stereocenters. The van der Waals surface area contributed by atoms with Gasteiger partial charge in [0, 0.05) is 49.5 Å². The van der Waals surface area contributed by atoms with Crippen LogP contribution in [0.2, 0.25) is 0 Å². The van der Waals surface area contributed by atoms with Gasteiger partial charge in [0.15, 0.2) is 5.82 Å². The highest BCUT2D eigenvalue weighted by molar-refractivity contribution is 5.97. The molecule has 0 saturated carbocycles. The van der Waals surface area contributed by atoms with E-state index >= 15 is 0 Å². The molecular weight excluding hydrogens is 380 g/mol. The SMILES string of the molecule is Cn1nccc1-c1nnc(N2CCC(NC(=O)NC(C)(C)C)CC2)c2cccnc12. The fraction of sp³-hybridized carbons (Fsp3) is 0.476. The Morgan fingerprint density at radius 1 is 1.13 bits per heavy atom. The Balaban J connectivity index is 1.52. The molecular formula is C21H28N8O. The van der Waals surface area contributed by atoms with Gasteiger partial charge in [-0.25, -0.2) is 4.79 Å². The standard InChI is InChI=1S/C21H28N8O/c1-21(2,3)25-20(30)24-14-8-12-29(13-9-14)19-15-6-5-10-22-17(15)18(26-27-19)16-7-11-23-28(16)4/h5-7,10-11,14H,8-9,12-13H2,1-4H3,(H2,24,25,30). The van der Waals surface area contributed by atoms with Crippen LogP contribution in [-0.2, 0) is 7.05 Å². The molecule has 1 saturated heterocycles. The van der Waals surface area contributed by atoms with Gasteiger partial charge in [-0.2, -0.15) is 5.10 Å². The van der Waals surface area contributed by atoms with Gasteiger partial charge in [0.05, 0.1) is 5.69 Å². The number of aryl methyl sites for hydroxylation is 1. The fourth-order valence-electron chi connectivity index (χ4n) is 3.78. The minimum atomic E-state index is -0.248. The molecule has 0 spiro atoms. The third kappa shape index (κ3) is 4.19. The first kappa shape index (κ1) is 20.1. The maximum absolute atomic E-state index is 12.2. The molecule has 2 amide bonds. The Bertz CT molecular complexity index is 1050. The van der Waals surface area contributed by atoms with Gasteiger partial charge in [0.2, 0.25) is 0 Å². The molecule has 158 valence electrons. The number of nitrogens with one attached hydrogen (secondary N) is 2. The molecule has 1 aliphatic rings. The number of carbonyl (C=O) groups excluding carboxylic acids is 1. The molecule has 3 aromatic heterocycles. The van der Waals surface area contributed by atoms with Crippen molar-refractivity contribution in [1.82, 2.24) is 35.6 Å². The Morgan fingerprint density at radius 3 is 2.57 bits per heavy atom. The van der Waals surface area contributed by atoms with Crippen molar-refractivity contribution in [2.45, 2.75) is 45.2 Å². The van der Waals surface area contributed by atoms with Crippen LogP contribution in [0.25, 0.3) is 22.3 Å². The van der Waals surface area contributed by atoms with Crippen molar-refractivity contribution in [3.05, 3.63) is 30.6 Å². The molecule has 9 nitrogen and oxygen atoms in total. The Labute approximate surface area is 175 Å². The van der Waals surface area contributed by atoms with Crippen molar-refractivity contribution in [3.8, 4) is 11.4 Å². The number of pyridine rings is 1. The minimum Gasteiger partial charge on any atom is -0.354 e. The smallest absolute Gasteiger partial charge is 0.315 e. The van der Waals surface area contributed by atoms with Crippen LogP contribution >= 0.6 is 0 Å². The molecule has 3 aromatic rings. The second-order valence-corrected chi connectivity index (χ2v) is 8.72. The molecule has 4 heterocycles. The van der Waals surface area contributed by atoms with E-state index in [1.54, 1.807) is 17.1 Å². The number of piperidine rings is 1. The zero-order valence-corrected chi connectivity index (χ0v) is 17.9.